The first-order valence-electron chi connectivity index (χ1n) is 4.50. The third kappa shape index (κ3) is 4.07. The van der Waals surface area contributed by atoms with Gasteiger partial charge >= 0.3 is 5.00 Å². The summed E-state index contributed by atoms with van der Waals surface area (Å²) in [6.07, 6.45) is 2.22. The third-order valence-corrected chi connectivity index (χ3v) is 2.53. The first-order chi connectivity index (χ1) is 7.09. The lowest BCUT2D eigenvalue weighted by Crippen LogP contribution is -1.96. The lowest BCUT2D eigenvalue weighted by atomic mass is 10.4. The van der Waals surface area contributed by atoms with Crippen LogP contribution in [0.5, 0.6) is 0 Å². The highest BCUT2D eigenvalue weighted by Gasteiger charge is 2.08. The second-order valence-corrected chi connectivity index (χ2v) is 4.29. The van der Waals surface area contributed by atoms with Crippen molar-refractivity contribution in [1.29, 1.82) is 0 Å². The molecule has 1 aromatic heterocycles. The van der Waals surface area contributed by atoms with E-state index in [2.05, 4.69) is 5.16 Å². The van der Waals surface area contributed by atoms with Crippen molar-refractivity contribution >= 4 is 22.6 Å². The van der Waals surface area contributed by atoms with E-state index in [-0.39, 0.29) is 11.1 Å². The molecule has 0 spiro atoms. The molecular formula is C9H12N2O3S. The van der Waals surface area contributed by atoms with Gasteiger partial charge in [-0.25, -0.2) is 0 Å². The van der Waals surface area contributed by atoms with E-state index < -0.39 is 4.92 Å². The molecule has 5 nitrogen and oxygen atoms in total. The van der Waals surface area contributed by atoms with Crippen molar-refractivity contribution < 1.29 is 9.76 Å². The van der Waals surface area contributed by atoms with Gasteiger partial charge < -0.3 is 4.84 Å². The molecule has 1 heterocycles. The summed E-state index contributed by atoms with van der Waals surface area (Å²) >= 11 is 1.15. The van der Waals surface area contributed by atoms with E-state index in [9.17, 15) is 10.1 Å². The number of nitro groups is 1. The van der Waals surface area contributed by atoms with E-state index in [1.165, 1.54) is 6.07 Å². The quantitative estimate of drug-likeness (QED) is 0.442. The SMILES string of the molecule is CC(C)ON=CCc1ccc([N+](=O)[O-])s1. The highest BCUT2D eigenvalue weighted by molar-refractivity contribution is 7.15. The van der Waals surface area contributed by atoms with Crippen LogP contribution in [0, 0.1) is 10.1 Å². The Bertz CT molecular complexity index is 360. The molecule has 82 valence electrons. The van der Waals surface area contributed by atoms with Crippen LogP contribution >= 0.6 is 11.3 Å². The molecule has 0 saturated carbocycles. The topological polar surface area (TPSA) is 64.7 Å². The molecular weight excluding hydrogens is 216 g/mol. The van der Waals surface area contributed by atoms with Gasteiger partial charge in [0.15, 0.2) is 0 Å². The van der Waals surface area contributed by atoms with E-state index in [1.54, 1.807) is 12.3 Å². The van der Waals surface area contributed by atoms with Gasteiger partial charge in [-0.15, -0.1) is 0 Å². The molecule has 15 heavy (non-hydrogen) atoms. The normalized spacial score (nSPS) is 11.1. The van der Waals surface area contributed by atoms with Crippen LogP contribution in [-0.4, -0.2) is 17.2 Å². The van der Waals surface area contributed by atoms with E-state index in [4.69, 9.17) is 4.84 Å². The van der Waals surface area contributed by atoms with Gasteiger partial charge in [-0.1, -0.05) is 16.5 Å². The maximum atomic E-state index is 10.4. The fourth-order valence-corrected chi connectivity index (χ4v) is 1.64. The molecule has 1 aromatic rings. The molecule has 0 aromatic carbocycles. The molecule has 0 fully saturated rings. The zero-order valence-electron chi connectivity index (χ0n) is 8.54. The van der Waals surface area contributed by atoms with Gasteiger partial charge in [-0.3, -0.25) is 10.1 Å². The summed E-state index contributed by atoms with van der Waals surface area (Å²) in [4.78, 5) is 15.9. The average Bonchev–Trinajstić information content (AvgIpc) is 2.60. The summed E-state index contributed by atoms with van der Waals surface area (Å²) in [6.45, 7) is 3.76. The highest BCUT2D eigenvalue weighted by Crippen LogP contribution is 2.23. The number of rotatable bonds is 5. The summed E-state index contributed by atoms with van der Waals surface area (Å²) in [5, 5.41) is 14.3. The van der Waals surface area contributed by atoms with Crippen LogP contribution in [0.1, 0.15) is 18.7 Å². The number of oxime groups is 1. The van der Waals surface area contributed by atoms with Crippen molar-refractivity contribution in [3.8, 4) is 0 Å². The van der Waals surface area contributed by atoms with Gasteiger partial charge in [-0.05, 0) is 19.9 Å². The van der Waals surface area contributed by atoms with Crippen molar-refractivity contribution in [2.24, 2.45) is 5.16 Å². The van der Waals surface area contributed by atoms with Gasteiger partial charge in [-0.2, -0.15) is 0 Å². The summed E-state index contributed by atoms with van der Waals surface area (Å²) in [5.74, 6) is 0. The Hall–Kier alpha value is -1.43. The third-order valence-electron chi connectivity index (χ3n) is 1.47. The lowest BCUT2D eigenvalue weighted by molar-refractivity contribution is -0.380. The van der Waals surface area contributed by atoms with E-state index in [1.807, 2.05) is 13.8 Å². The van der Waals surface area contributed by atoms with Crippen molar-refractivity contribution in [1.82, 2.24) is 0 Å². The van der Waals surface area contributed by atoms with E-state index in [0.717, 1.165) is 16.2 Å². The van der Waals surface area contributed by atoms with Crippen molar-refractivity contribution in [3.05, 3.63) is 27.1 Å². The van der Waals surface area contributed by atoms with Gasteiger partial charge in [0.2, 0.25) is 0 Å². The molecule has 0 bridgehead atoms. The predicted octanol–water partition coefficient (Wildman–Crippen LogP) is 2.61. The Morgan fingerprint density at radius 1 is 1.67 bits per heavy atom. The minimum absolute atomic E-state index is 0.0546. The molecule has 6 heteroatoms. The molecule has 0 radical (unpaired) electrons. The van der Waals surface area contributed by atoms with Gasteiger partial charge in [0.25, 0.3) is 0 Å². The highest BCUT2D eigenvalue weighted by atomic mass is 32.1. The number of nitrogens with zero attached hydrogens (tertiary/aromatic N) is 2. The fraction of sp³-hybridized carbons (Fsp3) is 0.444. The van der Waals surface area contributed by atoms with Crippen LogP contribution in [0.2, 0.25) is 0 Å². The maximum Gasteiger partial charge on any atom is 0.324 e. The summed E-state index contributed by atoms with van der Waals surface area (Å²) in [5.41, 5.74) is 0. The zero-order valence-corrected chi connectivity index (χ0v) is 9.36. The van der Waals surface area contributed by atoms with E-state index in [0.29, 0.717) is 6.42 Å². The molecule has 0 unspecified atom stereocenters. The molecule has 1 rings (SSSR count). The van der Waals surface area contributed by atoms with Crippen molar-refractivity contribution in [2.45, 2.75) is 26.4 Å². The zero-order chi connectivity index (χ0) is 11.3. The van der Waals surface area contributed by atoms with Crippen LogP contribution < -0.4 is 0 Å². The summed E-state index contributed by atoms with van der Waals surface area (Å²) < 4.78 is 0. The smallest absolute Gasteiger partial charge is 0.324 e. The Kier molecular flexibility index (Phi) is 4.23. The lowest BCUT2D eigenvalue weighted by Gasteiger charge is -1.99. The molecule has 0 aliphatic rings. The van der Waals surface area contributed by atoms with Crippen LogP contribution in [0.4, 0.5) is 5.00 Å². The van der Waals surface area contributed by atoms with Crippen molar-refractivity contribution in [3.63, 3.8) is 0 Å². The van der Waals surface area contributed by atoms with Crippen LogP contribution in [-0.2, 0) is 11.3 Å². The molecule has 0 atom stereocenters. The Morgan fingerprint density at radius 2 is 2.40 bits per heavy atom. The fourth-order valence-electron chi connectivity index (χ4n) is 0.866. The minimum Gasteiger partial charge on any atom is -0.393 e. The second kappa shape index (κ2) is 5.45. The second-order valence-electron chi connectivity index (χ2n) is 3.14. The summed E-state index contributed by atoms with van der Waals surface area (Å²) in [7, 11) is 0. The first-order valence-corrected chi connectivity index (χ1v) is 5.32. The number of thiophene rings is 1. The van der Waals surface area contributed by atoms with Crippen LogP contribution in [0.25, 0.3) is 0 Å². The molecule has 0 aliphatic carbocycles. The molecule has 0 aliphatic heterocycles. The standard InChI is InChI=1S/C9H12N2O3S/c1-7(2)14-10-6-5-8-3-4-9(15-8)11(12)13/h3-4,6-7H,5H2,1-2H3. The van der Waals surface area contributed by atoms with Gasteiger partial charge in [0, 0.05) is 23.6 Å². The first kappa shape index (κ1) is 11.6. The Labute approximate surface area is 91.5 Å². The molecule has 0 saturated heterocycles. The largest absolute Gasteiger partial charge is 0.393 e. The Balaban J connectivity index is 2.44. The molecule has 0 amide bonds. The van der Waals surface area contributed by atoms with Gasteiger partial charge in [0.05, 0.1) is 4.92 Å². The number of hydrogen-bond donors (Lipinski definition) is 0. The van der Waals surface area contributed by atoms with Crippen molar-refractivity contribution in [2.75, 3.05) is 0 Å². The minimum atomic E-state index is -0.393. The average molecular weight is 228 g/mol. The maximum absolute atomic E-state index is 10.4. The van der Waals surface area contributed by atoms with Crippen LogP contribution in [0.15, 0.2) is 17.3 Å². The van der Waals surface area contributed by atoms with Crippen LogP contribution in [0.3, 0.4) is 0 Å². The van der Waals surface area contributed by atoms with Gasteiger partial charge in [0.1, 0.15) is 6.10 Å². The molecule has 0 N–H and O–H groups in total. The number of hydrogen-bond acceptors (Lipinski definition) is 5. The Morgan fingerprint density at radius 3 is 2.93 bits per heavy atom. The predicted molar refractivity (Wildman–Crippen MR) is 59.4 cm³/mol. The van der Waals surface area contributed by atoms with E-state index >= 15 is 0 Å². The summed E-state index contributed by atoms with van der Waals surface area (Å²) in [6, 6.07) is 3.22. The monoisotopic (exact) mass is 228 g/mol.